The minimum atomic E-state index is -3.89. The largest absolute Gasteiger partial charge is 0.381 e. The second kappa shape index (κ2) is 5.85. The average Bonchev–Trinajstić information content (AvgIpc) is 2.80. The van der Waals surface area contributed by atoms with Crippen molar-refractivity contribution in [3.8, 4) is 6.07 Å². The van der Waals surface area contributed by atoms with Crippen LogP contribution in [0, 0.1) is 11.3 Å². The number of nitriles is 1. The smallest absolute Gasteiger partial charge is 0.283 e. The summed E-state index contributed by atoms with van der Waals surface area (Å²) < 4.78 is 28.2. The fourth-order valence-electron chi connectivity index (χ4n) is 1.99. The van der Waals surface area contributed by atoms with Gasteiger partial charge in [0.05, 0.1) is 24.5 Å². The van der Waals surface area contributed by atoms with E-state index in [4.69, 9.17) is 11.0 Å². The van der Waals surface area contributed by atoms with E-state index < -0.39 is 10.0 Å². The predicted molar refractivity (Wildman–Crippen MR) is 78.8 cm³/mol. The van der Waals surface area contributed by atoms with Gasteiger partial charge >= 0.3 is 0 Å². The maximum Gasteiger partial charge on any atom is 0.283 e. The molecule has 1 heterocycles. The van der Waals surface area contributed by atoms with Gasteiger partial charge in [0.15, 0.2) is 10.8 Å². The van der Waals surface area contributed by atoms with Crippen LogP contribution in [0.15, 0.2) is 41.7 Å². The summed E-state index contributed by atoms with van der Waals surface area (Å²) in [5.41, 5.74) is 6.15. The summed E-state index contributed by atoms with van der Waals surface area (Å²) in [5.74, 6) is -0.0598. The van der Waals surface area contributed by atoms with Gasteiger partial charge in [0, 0.05) is 13.6 Å². The molecule has 0 fully saturated rings. The fraction of sp³-hybridized carbons (Fsp3) is 0.231. The van der Waals surface area contributed by atoms with Crippen molar-refractivity contribution >= 4 is 21.5 Å². The molecule has 0 bridgehead atoms. The topological polar surface area (TPSA) is 105 Å². The molecule has 1 aromatic carbocycles. The number of nitrogens with zero attached hydrogens (tertiary/aromatic N) is 4. The molecule has 0 saturated carbocycles. The van der Waals surface area contributed by atoms with Crippen LogP contribution in [0.3, 0.4) is 0 Å². The van der Waals surface area contributed by atoms with Crippen LogP contribution in [-0.2, 0) is 17.1 Å². The Kier molecular flexibility index (Phi) is 4.14. The molecular formula is C13H15N5O2S. The third kappa shape index (κ3) is 2.83. The molecule has 0 radical (unpaired) electrons. The van der Waals surface area contributed by atoms with Gasteiger partial charge in [-0.05, 0) is 12.1 Å². The van der Waals surface area contributed by atoms with Crippen molar-refractivity contribution in [2.24, 2.45) is 7.05 Å². The van der Waals surface area contributed by atoms with E-state index in [9.17, 15) is 8.42 Å². The van der Waals surface area contributed by atoms with Crippen LogP contribution in [0.4, 0.5) is 11.5 Å². The number of aromatic nitrogens is 2. The lowest BCUT2D eigenvalue weighted by molar-refractivity contribution is 0.581. The Morgan fingerprint density at radius 3 is 2.57 bits per heavy atom. The Morgan fingerprint density at radius 2 is 2.05 bits per heavy atom. The minimum Gasteiger partial charge on any atom is -0.381 e. The third-order valence-corrected chi connectivity index (χ3v) is 4.87. The average molecular weight is 305 g/mol. The lowest BCUT2D eigenvalue weighted by Gasteiger charge is -2.23. The summed E-state index contributed by atoms with van der Waals surface area (Å²) in [6.07, 6.45) is 1.42. The summed E-state index contributed by atoms with van der Waals surface area (Å²) in [4.78, 5) is 3.81. The number of aryl methyl sites for hydroxylation is 1. The van der Waals surface area contributed by atoms with E-state index in [1.54, 1.807) is 37.4 Å². The summed E-state index contributed by atoms with van der Waals surface area (Å²) in [6.45, 7) is 0.0491. The fourth-order valence-corrected chi connectivity index (χ4v) is 3.66. The van der Waals surface area contributed by atoms with Crippen LogP contribution in [0.25, 0.3) is 0 Å². The molecule has 8 heteroatoms. The van der Waals surface area contributed by atoms with Gasteiger partial charge in [0.25, 0.3) is 10.0 Å². The number of para-hydroxylation sites is 1. The Balaban J connectivity index is 2.53. The summed E-state index contributed by atoms with van der Waals surface area (Å²) in [7, 11) is -2.33. The van der Waals surface area contributed by atoms with Gasteiger partial charge in [-0.1, -0.05) is 18.2 Å². The Labute approximate surface area is 123 Å². The zero-order valence-corrected chi connectivity index (χ0v) is 12.3. The van der Waals surface area contributed by atoms with Gasteiger partial charge in [0.1, 0.15) is 0 Å². The number of nitrogen functional groups attached to an aromatic ring is 1. The molecule has 0 saturated heterocycles. The molecule has 0 aliphatic carbocycles. The van der Waals surface area contributed by atoms with Gasteiger partial charge in [-0.3, -0.25) is 4.31 Å². The van der Waals surface area contributed by atoms with Crippen molar-refractivity contribution in [2.45, 2.75) is 11.4 Å². The molecule has 2 rings (SSSR count). The van der Waals surface area contributed by atoms with E-state index in [0.29, 0.717) is 5.69 Å². The van der Waals surface area contributed by atoms with E-state index in [1.807, 2.05) is 6.07 Å². The third-order valence-electron chi connectivity index (χ3n) is 2.91. The van der Waals surface area contributed by atoms with Crippen molar-refractivity contribution in [1.29, 1.82) is 5.26 Å². The van der Waals surface area contributed by atoms with E-state index in [2.05, 4.69) is 4.98 Å². The van der Waals surface area contributed by atoms with Gasteiger partial charge in [-0.25, -0.2) is 4.98 Å². The van der Waals surface area contributed by atoms with Crippen molar-refractivity contribution in [3.63, 3.8) is 0 Å². The normalized spacial score (nSPS) is 11.0. The quantitative estimate of drug-likeness (QED) is 0.891. The number of imidazole rings is 1. The van der Waals surface area contributed by atoms with Gasteiger partial charge in [-0.2, -0.15) is 13.7 Å². The zero-order valence-electron chi connectivity index (χ0n) is 11.5. The lowest BCUT2D eigenvalue weighted by atomic mass is 10.3. The molecule has 0 unspecified atom stereocenters. The second-order valence-corrected chi connectivity index (χ2v) is 6.14. The van der Waals surface area contributed by atoms with Crippen molar-refractivity contribution < 1.29 is 8.42 Å². The van der Waals surface area contributed by atoms with E-state index in [-0.39, 0.29) is 23.8 Å². The molecule has 0 spiro atoms. The number of hydrogen-bond donors (Lipinski definition) is 1. The number of benzene rings is 1. The van der Waals surface area contributed by atoms with Crippen molar-refractivity contribution in [3.05, 3.63) is 36.7 Å². The Morgan fingerprint density at radius 1 is 1.38 bits per heavy atom. The maximum atomic E-state index is 12.8. The number of sulfonamides is 1. The number of anilines is 2. The molecule has 0 aliphatic heterocycles. The number of rotatable bonds is 5. The maximum absolute atomic E-state index is 12.8. The molecule has 0 amide bonds. The highest BCUT2D eigenvalue weighted by atomic mass is 32.2. The first kappa shape index (κ1) is 14.9. The Bertz CT molecular complexity index is 742. The van der Waals surface area contributed by atoms with Crippen molar-refractivity contribution in [2.75, 3.05) is 16.6 Å². The first-order valence-electron chi connectivity index (χ1n) is 6.20. The summed E-state index contributed by atoms with van der Waals surface area (Å²) in [5, 5.41) is 8.67. The van der Waals surface area contributed by atoms with Crippen molar-refractivity contribution in [1.82, 2.24) is 9.55 Å². The predicted octanol–water partition coefficient (Wildman–Crippen LogP) is 1.11. The van der Waals surface area contributed by atoms with Crippen LogP contribution in [-0.4, -0.2) is 24.5 Å². The van der Waals surface area contributed by atoms with E-state index in [0.717, 1.165) is 0 Å². The summed E-state index contributed by atoms with van der Waals surface area (Å²) >= 11 is 0. The zero-order chi connectivity index (χ0) is 15.5. The molecule has 0 atom stereocenters. The van der Waals surface area contributed by atoms with Gasteiger partial charge < -0.3 is 10.3 Å². The molecule has 2 N–H and O–H groups in total. The van der Waals surface area contributed by atoms with E-state index >= 15 is 0 Å². The summed E-state index contributed by atoms with van der Waals surface area (Å²) in [6, 6.07) is 10.5. The molecule has 2 aromatic rings. The van der Waals surface area contributed by atoms with Gasteiger partial charge in [0.2, 0.25) is 0 Å². The Hall–Kier alpha value is -2.53. The van der Waals surface area contributed by atoms with Gasteiger partial charge in [-0.15, -0.1) is 0 Å². The lowest BCUT2D eigenvalue weighted by Crippen LogP contribution is -2.33. The second-order valence-electron chi connectivity index (χ2n) is 4.37. The monoisotopic (exact) mass is 305 g/mol. The molecular weight excluding hydrogens is 290 g/mol. The number of nitrogens with two attached hydrogens (primary N) is 1. The highest BCUT2D eigenvalue weighted by Gasteiger charge is 2.30. The molecule has 0 aliphatic rings. The minimum absolute atomic E-state index is 0.0491. The highest BCUT2D eigenvalue weighted by molar-refractivity contribution is 7.92. The number of hydrogen-bond acceptors (Lipinski definition) is 5. The molecule has 1 aromatic heterocycles. The molecule has 110 valence electrons. The van der Waals surface area contributed by atoms with E-state index in [1.165, 1.54) is 15.2 Å². The SMILES string of the molecule is Cn1cnc(N)c1S(=O)(=O)N(CCC#N)c1ccccc1. The van der Waals surface area contributed by atoms with Crippen LogP contribution < -0.4 is 10.0 Å². The van der Waals surface area contributed by atoms with Crippen LogP contribution in [0.2, 0.25) is 0 Å². The molecule has 21 heavy (non-hydrogen) atoms. The first-order valence-corrected chi connectivity index (χ1v) is 7.64. The highest BCUT2D eigenvalue weighted by Crippen LogP contribution is 2.26. The molecule has 7 nitrogen and oxygen atoms in total. The van der Waals surface area contributed by atoms with Crippen LogP contribution >= 0.6 is 0 Å². The van der Waals surface area contributed by atoms with Crippen LogP contribution in [0.5, 0.6) is 0 Å². The van der Waals surface area contributed by atoms with Crippen LogP contribution in [0.1, 0.15) is 6.42 Å². The first-order chi connectivity index (χ1) is 9.98. The standard InChI is InChI=1S/C13H15N5O2S/c1-17-10-16-12(15)13(17)21(19,20)18(9-5-8-14)11-6-3-2-4-7-11/h2-4,6-7,10H,5,9,15H2,1H3.